The van der Waals surface area contributed by atoms with Gasteiger partial charge in [0.1, 0.15) is 11.3 Å². The van der Waals surface area contributed by atoms with Crippen molar-refractivity contribution in [1.82, 2.24) is 0 Å². The van der Waals surface area contributed by atoms with Crippen molar-refractivity contribution in [3.63, 3.8) is 0 Å². The van der Waals surface area contributed by atoms with Gasteiger partial charge in [-0.3, -0.25) is 4.99 Å². The lowest BCUT2D eigenvalue weighted by atomic mass is 9.83. The van der Waals surface area contributed by atoms with Crippen LogP contribution in [0.1, 0.15) is 60.8 Å². The van der Waals surface area contributed by atoms with Crippen molar-refractivity contribution in [3.05, 3.63) is 48.7 Å². The van der Waals surface area contributed by atoms with Gasteiger partial charge >= 0.3 is 0 Å². The van der Waals surface area contributed by atoms with Crippen molar-refractivity contribution >= 4 is 5.71 Å². The largest absolute Gasteiger partial charge is 0.261 e. The number of aliphatic imine (C=N–C) groups is 1. The van der Waals surface area contributed by atoms with Crippen LogP contribution in [0.25, 0.3) is 0 Å². The van der Waals surface area contributed by atoms with Gasteiger partial charge in [-0.1, -0.05) is 39.2 Å². The van der Waals surface area contributed by atoms with Gasteiger partial charge < -0.3 is 0 Å². The maximum Gasteiger partial charge on any atom is 0.130 e. The molecule has 0 aliphatic carbocycles. The molecule has 136 valence electrons. The van der Waals surface area contributed by atoms with Crippen LogP contribution in [0.3, 0.4) is 0 Å². The van der Waals surface area contributed by atoms with Crippen molar-refractivity contribution < 1.29 is 8.78 Å². The number of halogens is 2. The van der Waals surface area contributed by atoms with Crippen molar-refractivity contribution in [2.45, 2.75) is 72.1 Å². The molecule has 0 rings (SSSR count). The smallest absolute Gasteiger partial charge is 0.130 e. The monoisotopic (exact) mass is 337 g/mol. The predicted octanol–water partition coefficient (Wildman–Crippen LogP) is 6.93. The third-order valence-corrected chi connectivity index (χ3v) is 4.13. The predicted molar refractivity (Wildman–Crippen MR) is 103 cm³/mol. The zero-order chi connectivity index (χ0) is 19.0. The highest BCUT2D eigenvalue weighted by Gasteiger charge is 2.29. The lowest BCUT2D eigenvalue weighted by molar-refractivity contribution is 0.125. The summed E-state index contributed by atoms with van der Waals surface area (Å²) in [7, 11) is 0. The Morgan fingerprint density at radius 2 is 1.71 bits per heavy atom. The van der Waals surface area contributed by atoms with Gasteiger partial charge in [-0.15, -0.1) is 0 Å². The summed E-state index contributed by atoms with van der Waals surface area (Å²) in [5.74, 6) is -0.171. The van der Waals surface area contributed by atoms with E-state index >= 15 is 0 Å². The minimum atomic E-state index is -1.50. The second-order valence-electron chi connectivity index (χ2n) is 6.98. The zero-order valence-electron chi connectivity index (χ0n) is 16.1. The molecule has 0 bridgehead atoms. The summed E-state index contributed by atoms with van der Waals surface area (Å²) >= 11 is 0. The van der Waals surface area contributed by atoms with Gasteiger partial charge in [0, 0.05) is 11.9 Å². The fourth-order valence-electron chi connectivity index (χ4n) is 2.58. The van der Waals surface area contributed by atoms with Gasteiger partial charge in [0.25, 0.3) is 0 Å². The number of nitrogens with zero attached hydrogens (tertiary/aromatic N) is 1. The Kier molecular flexibility index (Phi) is 9.09. The van der Waals surface area contributed by atoms with Crippen LogP contribution >= 0.6 is 0 Å². The van der Waals surface area contributed by atoms with Crippen LogP contribution in [-0.2, 0) is 0 Å². The summed E-state index contributed by atoms with van der Waals surface area (Å²) in [6.07, 6.45) is 8.67. The van der Waals surface area contributed by atoms with Crippen molar-refractivity contribution in [1.29, 1.82) is 0 Å². The van der Waals surface area contributed by atoms with Gasteiger partial charge in [-0.25, -0.2) is 8.78 Å². The van der Waals surface area contributed by atoms with E-state index in [-0.39, 0.29) is 5.92 Å². The quantitative estimate of drug-likeness (QED) is 0.303. The van der Waals surface area contributed by atoms with E-state index < -0.39 is 11.3 Å². The molecule has 0 saturated heterocycles. The molecule has 0 N–H and O–H groups in total. The Labute approximate surface area is 147 Å². The highest BCUT2D eigenvalue weighted by molar-refractivity contribution is 6.03. The first-order chi connectivity index (χ1) is 11.0. The van der Waals surface area contributed by atoms with E-state index in [2.05, 4.69) is 18.2 Å². The second kappa shape index (κ2) is 9.71. The fourth-order valence-corrected chi connectivity index (χ4v) is 2.58. The van der Waals surface area contributed by atoms with E-state index in [1.54, 1.807) is 19.9 Å². The van der Waals surface area contributed by atoms with Gasteiger partial charge in [0.15, 0.2) is 0 Å². The molecule has 0 amide bonds. The lowest BCUT2D eigenvalue weighted by Crippen LogP contribution is -2.28. The molecule has 24 heavy (non-hydrogen) atoms. The number of hydrogen-bond donors (Lipinski definition) is 0. The van der Waals surface area contributed by atoms with Crippen molar-refractivity contribution in [2.24, 2.45) is 10.9 Å². The Bertz CT molecular complexity index is 511. The molecule has 0 aromatic heterocycles. The molecule has 3 heteroatoms. The van der Waals surface area contributed by atoms with Gasteiger partial charge in [-0.05, 0) is 70.1 Å². The first-order valence-electron chi connectivity index (χ1n) is 8.61. The van der Waals surface area contributed by atoms with E-state index in [9.17, 15) is 8.78 Å². The first-order valence-corrected chi connectivity index (χ1v) is 8.61. The van der Waals surface area contributed by atoms with Crippen LogP contribution in [0, 0.1) is 5.92 Å². The molecular weight excluding hydrogens is 304 g/mol. The Hall–Kier alpha value is -1.51. The molecule has 0 aromatic carbocycles. The second-order valence-corrected chi connectivity index (χ2v) is 6.98. The van der Waals surface area contributed by atoms with Crippen LogP contribution < -0.4 is 0 Å². The molecule has 0 spiro atoms. The summed E-state index contributed by atoms with van der Waals surface area (Å²) in [5, 5.41) is 0. The van der Waals surface area contributed by atoms with E-state index in [4.69, 9.17) is 0 Å². The SMILES string of the molecule is C=CN=C(CC(CC)C(C)(C)F)C(=C/CC)/C=C(\C=C)C(C)(C)F. The summed E-state index contributed by atoms with van der Waals surface area (Å²) in [6, 6.07) is 0. The number of hydrogen-bond acceptors (Lipinski definition) is 1. The third kappa shape index (κ3) is 7.37. The van der Waals surface area contributed by atoms with Crippen LogP contribution in [0.2, 0.25) is 0 Å². The van der Waals surface area contributed by atoms with Crippen LogP contribution in [0.15, 0.2) is 53.7 Å². The van der Waals surface area contributed by atoms with E-state index in [0.29, 0.717) is 18.4 Å². The Balaban J connectivity index is 5.93. The average Bonchev–Trinajstić information content (AvgIpc) is 2.45. The molecule has 0 aliphatic heterocycles. The van der Waals surface area contributed by atoms with Crippen LogP contribution in [-0.4, -0.2) is 17.0 Å². The van der Waals surface area contributed by atoms with E-state index in [0.717, 1.165) is 17.7 Å². The summed E-state index contributed by atoms with van der Waals surface area (Å²) in [6.45, 7) is 17.5. The molecular formula is C21H33F2N. The molecule has 0 radical (unpaired) electrons. The van der Waals surface area contributed by atoms with Gasteiger partial charge in [0.2, 0.25) is 0 Å². The molecule has 0 heterocycles. The Morgan fingerprint density at radius 3 is 2.04 bits per heavy atom. The minimum absolute atomic E-state index is 0.171. The molecule has 1 nitrogen and oxygen atoms in total. The number of rotatable bonds is 10. The fraction of sp³-hybridized carbons (Fsp3) is 0.571. The van der Waals surface area contributed by atoms with E-state index in [1.165, 1.54) is 26.1 Å². The normalized spacial score (nSPS) is 16.1. The molecule has 0 aromatic rings. The first kappa shape index (κ1) is 22.5. The maximum atomic E-state index is 14.4. The Morgan fingerprint density at radius 1 is 1.12 bits per heavy atom. The van der Waals surface area contributed by atoms with Crippen molar-refractivity contribution in [3.8, 4) is 0 Å². The van der Waals surface area contributed by atoms with Crippen LogP contribution in [0.5, 0.6) is 0 Å². The lowest BCUT2D eigenvalue weighted by Gasteiger charge is -2.27. The molecule has 1 unspecified atom stereocenters. The highest BCUT2D eigenvalue weighted by Crippen LogP contribution is 2.30. The van der Waals surface area contributed by atoms with Crippen molar-refractivity contribution in [2.75, 3.05) is 0 Å². The third-order valence-electron chi connectivity index (χ3n) is 4.13. The summed E-state index contributed by atoms with van der Waals surface area (Å²) < 4.78 is 28.8. The van der Waals surface area contributed by atoms with E-state index in [1.807, 2.05) is 19.9 Å². The number of alkyl halides is 2. The molecule has 0 saturated carbocycles. The van der Waals surface area contributed by atoms with Gasteiger partial charge in [0.05, 0.1) is 0 Å². The number of allylic oxidation sites excluding steroid dienone is 5. The van der Waals surface area contributed by atoms with Crippen LogP contribution in [0.4, 0.5) is 8.78 Å². The summed E-state index contributed by atoms with van der Waals surface area (Å²) in [5.41, 5.74) is -0.796. The van der Waals surface area contributed by atoms with Gasteiger partial charge in [-0.2, -0.15) is 0 Å². The minimum Gasteiger partial charge on any atom is -0.261 e. The highest BCUT2D eigenvalue weighted by atomic mass is 19.1. The molecule has 0 aliphatic rings. The summed E-state index contributed by atoms with van der Waals surface area (Å²) in [4.78, 5) is 4.36. The average molecular weight is 337 g/mol. The topological polar surface area (TPSA) is 12.4 Å². The standard InChI is InChI=1S/C21H33F2N/c1-9-13-16(14-17(10-2)20(5,6)22)19(24-12-4)15-18(11-3)21(7,8)23/h10,12-14,18H,2,4,9,11,15H2,1,3,5-8H3/b16-13+,17-14+,24-19?. The molecule has 1 atom stereocenters. The zero-order valence-corrected chi connectivity index (χ0v) is 16.1. The molecule has 0 fully saturated rings. The maximum absolute atomic E-state index is 14.4.